The van der Waals surface area contributed by atoms with Crippen molar-refractivity contribution < 1.29 is 23.9 Å². The molecule has 0 aliphatic heterocycles. The number of allylic oxidation sites excluding steroid dienone is 4. The van der Waals surface area contributed by atoms with E-state index in [-0.39, 0.29) is 22.7 Å². The van der Waals surface area contributed by atoms with Gasteiger partial charge in [0.1, 0.15) is 0 Å². The zero-order valence-electron chi connectivity index (χ0n) is 21.8. The topological polar surface area (TPSA) is 74.2 Å². The summed E-state index contributed by atoms with van der Waals surface area (Å²) in [5, 5.41) is 3.76. The van der Waals surface area contributed by atoms with Crippen molar-refractivity contribution in [2.24, 2.45) is 22.4 Å². The van der Waals surface area contributed by atoms with Gasteiger partial charge >= 0.3 is 5.97 Å². The minimum absolute atomic E-state index is 0.0156. The first kappa shape index (κ1) is 25.1. The number of benzene rings is 1. The van der Waals surface area contributed by atoms with Crippen molar-refractivity contribution in [3.05, 3.63) is 58.2 Å². The summed E-state index contributed by atoms with van der Waals surface area (Å²) >= 11 is 0. The summed E-state index contributed by atoms with van der Waals surface area (Å²) in [6.45, 7) is 4.37. The molecule has 4 aliphatic rings. The molecule has 0 unspecified atom stereocenters. The Bertz CT molecular complexity index is 1130. The van der Waals surface area contributed by atoms with Crippen molar-refractivity contribution in [1.82, 2.24) is 0 Å². The summed E-state index contributed by atoms with van der Waals surface area (Å²) < 4.78 is 12.1. The Kier molecular flexibility index (Phi) is 6.77. The zero-order valence-corrected chi connectivity index (χ0v) is 21.8. The number of nitrogens with zero attached hydrogens (tertiary/aromatic N) is 1. The average molecular weight is 492 g/mol. The summed E-state index contributed by atoms with van der Waals surface area (Å²) in [6.07, 6.45) is 10.2. The summed E-state index contributed by atoms with van der Waals surface area (Å²) in [7, 11) is 3.62. The first-order valence-corrected chi connectivity index (χ1v) is 13.1. The lowest BCUT2D eigenvalue weighted by atomic mass is 9.51. The van der Waals surface area contributed by atoms with E-state index in [9.17, 15) is 9.59 Å². The van der Waals surface area contributed by atoms with Crippen molar-refractivity contribution in [2.45, 2.75) is 70.3 Å². The summed E-state index contributed by atoms with van der Waals surface area (Å²) in [4.78, 5) is 28.0. The maximum atomic E-state index is 12.3. The number of ketones is 1. The molecule has 0 saturated heterocycles. The number of hydrogen-bond donors (Lipinski definition) is 0. The van der Waals surface area contributed by atoms with E-state index in [1.807, 2.05) is 25.3 Å². The van der Waals surface area contributed by atoms with Crippen LogP contribution in [0.3, 0.4) is 0 Å². The van der Waals surface area contributed by atoms with Crippen LogP contribution in [0.4, 0.5) is 0 Å². The molecular formula is C30H37NO5. The Balaban J connectivity index is 1.58. The molecule has 192 valence electrons. The highest BCUT2D eigenvalue weighted by molar-refractivity contribution is 5.93. The van der Waals surface area contributed by atoms with E-state index in [0.29, 0.717) is 24.9 Å². The van der Waals surface area contributed by atoms with E-state index < -0.39 is 5.97 Å². The maximum Gasteiger partial charge on any atom is 0.331 e. The number of oxime groups is 1. The van der Waals surface area contributed by atoms with Crippen LogP contribution in [0, 0.1) is 17.3 Å². The third-order valence-corrected chi connectivity index (χ3v) is 9.51. The molecule has 4 aliphatic carbocycles. The Hall–Kier alpha value is -2.57. The van der Waals surface area contributed by atoms with Gasteiger partial charge in [-0.1, -0.05) is 41.9 Å². The minimum Gasteiger partial charge on any atom is -0.382 e. The molecule has 2 fully saturated rings. The molecule has 0 N–H and O–H groups in total. The molecule has 6 nitrogen and oxygen atoms in total. The van der Waals surface area contributed by atoms with Gasteiger partial charge in [0.25, 0.3) is 0 Å². The van der Waals surface area contributed by atoms with Gasteiger partial charge in [-0.2, -0.15) is 0 Å². The van der Waals surface area contributed by atoms with Crippen LogP contribution in [0.25, 0.3) is 0 Å². The van der Waals surface area contributed by atoms with Gasteiger partial charge < -0.3 is 14.3 Å². The zero-order chi connectivity index (χ0) is 25.5. The fraction of sp³-hybridized carbons (Fsp3) is 0.567. The molecule has 5 rings (SSSR count). The Morgan fingerprint density at radius 3 is 2.61 bits per heavy atom. The molecule has 0 amide bonds. The molecule has 0 radical (unpaired) electrons. The van der Waals surface area contributed by atoms with Crippen molar-refractivity contribution in [1.29, 1.82) is 0 Å². The quantitative estimate of drug-likeness (QED) is 0.298. The molecule has 0 heterocycles. The van der Waals surface area contributed by atoms with E-state index in [4.69, 9.17) is 14.3 Å². The SMILES string of the molecule is COC[C@]1(OC)CC[C@H]2[C@@H]3CCC4=CC(=O)CCC4=C3[C@@H](c3ccc(/C=N/OC(C)=O)cc3)C[C@@]21C. The second-order valence-electron chi connectivity index (χ2n) is 11.1. The number of fused-ring (bicyclic) bond motifs is 4. The summed E-state index contributed by atoms with van der Waals surface area (Å²) in [5.74, 6) is 1.12. The van der Waals surface area contributed by atoms with Crippen LogP contribution in [-0.2, 0) is 23.9 Å². The highest BCUT2D eigenvalue weighted by Crippen LogP contribution is 2.67. The fourth-order valence-electron chi connectivity index (χ4n) is 7.88. The van der Waals surface area contributed by atoms with E-state index in [2.05, 4.69) is 24.2 Å². The third kappa shape index (κ3) is 4.08. The highest BCUT2D eigenvalue weighted by atomic mass is 16.7. The van der Waals surface area contributed by atoms with Crippen LogP contribution in [0.2, 0.25) is 0 Å². The first-order chi connectivity index (χ1) is 17.3. The number of rotatable bonds is 6. The predicted octanol–water partition coefficient (Wildman–Crippen LogP) is 5.51. The number of methoxy groups -OCH3 is 2. The average Bonchev–Trinajstić information content (AvgIpc) is 3.15. The molecule has 1 aromatic carbocycles. The Morgan fingerprint density at radius 2 is 1.92 bits per heavy atom. The van der Waals surface area contributed by atoms with Crippen molar-refractivity contribution >= 4 is 18.0 Å². The largest absolute Gasteiger partial charge is 0.382 e. The molecule has 5 atom stereocenters. The molecule has 0 bridgehead atoms. The highest BCUT2D eigenvalue weighted by Gasteiger charge is 2.63. The van der Waals surface area contributed by atoms with Gasteiger partial charge in [-0.3, -0.25) is 4.79 Å². The maximum absolute atomic E-state index is 12.3. The van der Waals surface area contributed by atoms with E-state index >= 15 is 0 Å². The lowest BCUT2D eigenvalue weighted by Crippen LogP contribution is -2.54. The number of hydrogen-bond acceptors (Lipinski definition) is 6. The van der Waals surface area contributed by atoms with Crippen LogP contribution < -0.4 is 0 Å². The van der Waals surface area contributed by atoms with Crippen molar-refractivity contribution in [3.8, 4) is 0 Å². The molecule has 2 saturated carbocycles. The van der Waals surface area contributed by atoms with Crippen molar-refractivity contribution in [2.75, 3.05) is 20.8 Å². The lowest BCUT2D eigenvalue weighted by Gasteiger charge is -2.55. The van der Waals surface area contributed by atoms with Gasteiger partial charge in [0, 0.05) is 38.9 Å². The Labute approximate surface area is 213 Å². The van der Waals surface area contributed by atoms with Gasteiger partial charge in [-0.05, 0) is 78.7 Å². The minimum atomic E-state index is -0.436. The third-order valence-electron chi connectivity index (χ3n) is 9.51. The van der Waals surface area contributed by atoms with E-state index in [1.54, 1.807) is 18.9 Å². The Morgan fingerprint density at radius 1 is 1.14 bits per heavy atom. The molecular weight excluding hydrogens is 454 g/mol. The van der Waals surface area contributed by atoms with Crippen LogP contribution in [0.5, 0.6) is 0 Å². The van der Waals surface area contributed by atoms with Crippen LogP contribution in [0.15, 0.2) is 52.2 Å². The predicted molar refractivity (Wildman–Crippen MR) is 138 cm³/mol. The van der Waals surface area contributed by atoms with Gasteiger partial charge in [0.05, 0.1) is 18.4 Å². The molecule has 1 aromatic rings. The van der Waals surface area contributed by atoms with Gasteiger partial charge in [-0.25, -0.2) is 4.79 Å². The number of carbonyl (C=O) groups is 2. The second-order valence-corrected chi connectivity index (χ2v) is 11.1. The summed E-state index contributed by atoms with van der Waals surface area (Å²) in [5.41, 5.74) is 6.12. The number of carbonyl (C=O) groups excluding carboxylic acids is 2. The van der Waals surface area contributed by atoms with Gasteiger partial charge in [-0.15, -0.1) is 0 Å². The first-order valence-electron chi connectivity index (χ1n) is 13.1. The molecule has 36 heavy (non-hydrogen) atoms. The van der Waals surface area contributed by atoms with Crippen LogP contribution in [-0.4, -0.2) is 44.4 Å². The monoisotopic (exact) mass is 491 g/mol. The standard InChI is InChI=1S/C30H37NO5/c1-19(32)36-31-17-20-5-7-21(8-6-20)26-16-29(2)27(13-14-30(29,35-4)18-34-3)25-11-9-22-15-23(33)10-12-24(22)28(25)26/h5-8,15,17,25-27H,9-14,16,18H2,1-4H3/b31-17+/t25-,26+,27-,29-,30+/m0/s1. The lowest BCUT2D eigenvalue weighted by molar-refractivity contribution is -0.149. The van der Waals surface area contributed by atoms with E-state index in [1.165, 1.54) is 23.6 Å². The number of ether oxygens (including phenoxy) is 2. The van der Waals surface area contributed by atoms with Crippen LogP contribution >= 0.6 is 0 Å². The second kappa shape index (κ2) is 9.71. The van der Waals surface area contributed by atoms with Crippen LogP contribution in [0.1, 0.15) is 75.8 Å². The molecule has 0 spiro atoms. The van der Waals surface area contributed by atoms with Gasteiger partial charge in [0.15, 0.2) is 5.78 Å². The fourth-order valence-corrected chi connectivity index (χ4v) is 7.88. The van der Waals surface area contributed by atoms with Crippen molar-refractivity contribution in [3.63, 3.8) is 0 Å². The van der Waals surface area contributed by atoms with E-state index in [0.717, 1.165) is 44.1 Å². The van der Waals surface area contributed by atoms with Gasteiger partial charge in [0.2, 0.25) is 0 Å². The normalized spacial score (nSPS) is 33.7. The molecule has 0 aromatic heterocycles. The smallest absolute Gasteiger partial charge is 0.331 e. The molecule has 6 heteroatoms. The summed E-state index contributed by atoms with van der Waals surface area (Å²) in [6, 6.07) is 8.43.